The minimum Gasteiger partial charge on any atom is -0.388 e. The molecule has 0 aliphatic carbocycles. The first kappa shape index (κ1) is 13.9. The Balaban J connectivity index is 3.52. The van der Waals surface area contributed by atoms with Crippen molar-refractivity contribution in [2.45, 2.75) is 58.3 Å². The van der Waals surface area contributed by atoms with Crippen molar-refractivity contribution in [1.29, 1.82) is 0 Å². The lowest BCUT2D eigenvalue weighted by Gasteiger charge is -2.21. The Morgan fingerprint density at radius 2 is 1.86 bits per heavy atom. The molecule has 0 saturated carbocycles. The van der Waals surface area contributed by atoms with E-state index in [1.54, 1.807) is 7.11 Å². The summed E-state index contributed by atoms with van der Waals surface area (Å²) in [6.45, 7) is 4.65. The summed E-state index contributed by atoms with van der Waals surface area (Å²) >= 11 is 0. The van der Waals surface area contributed by atoms with Gasteiger partial charge in [-0.1, -0.05) is 32.6 Å². The van der Waals surface area contributed by atoms with Gasteiger partial charge in [-0.15, -0.1) is 0 Å². The molecule has 3 heteroatoms. The minimum absolute atomic E-state index is 0.457. The van der Waals surface area contributed by atoms with Gasteiger partial charge >= 0.3 is 0 Å². The Morgan fingerprint density at radius 1 is 1.14 bits per heavy atom. The fourth-order valence-electron chi connectivity index (χ4n) is 1.42. The Kier molecular flexibility index (Phi) is 9.35. The molecule has 0 aromatic rings. The van der Waals surface area contributed by atoms with Crippen LogP contribution >= 0.6 is 0 Å². The van der Waals surface area contributed by atoms with Gasteiger partial charge in [0.1, 0.15) is 6.10 Å². The van der Waals surface area contributed by atoms with E-state index in [0.717, 1.165) is 12.8 Å². The number of methoxy groups -OCH3 is 1. The van der Waals surface area contributed by atoms with Crippen molar-refractivity contribution in [3.05, 3.63) is 0 Å². The largest absolute Gasteiger partial charge is 0.388 e. The first-order valence-corrected chi connectivity index (χ1v) is 5.58. The highest BCUT2D eigenvalue weighted by Crippen LogP contribution is 2.10. The molecule has 2 atom stereocenters. The summed E-state index contributed by atoms with van der Waals surface area (Å²) in [5.41, 5.74) is 0. The molecule has 0 bridgehead atoms. The van der Waals surface area contributed by atoms with Crippen molar-refractivity contribution >= 4 is 0 Å². The summed E-state index contributed by atoms with van der Waals surface area (Å²) in [5.74, 6) is 0. The molecule has 0 radical (unpaired) electrons. The van der Waals surface area contributed by atoms with E-state index in [-0.39, 0.29) is 0 Å². The Hall–Kier alpha value is -0.120. The van der Waals surface area contributed by atoms with Crippen LogP contribution in [-0.2, 0) is 9.47 Å². The van der Waals surface area contributed by atoms with Crippen LogP contribution < -0.4 is 0 Å². The molecule has 0 amide bonds. The zero-order chi connectivity index (χ0) is 10.8. The van der Waals surface area contributed by atoms with E-state index in [2.05, 4.69) is 6.92 Å². The summed E-state index contributed by atoms with van der Waals surface area (Å²) in [5, 5.41) is 9.69. The molecular weight excluding hydrogens is 180 g/mol. The summed E-state index contributed by atoms with van der Waals surface area (Å²) in [6, 6.07) is 0. The predicted molar refractivity (Wildman–Crippen MR) is 57.2 cm³/mol. The van der Waals surface area contributed by atoms with Gasteiger partial charge in [-0.05, 0) is 13.3 Å². The SMILES string of the molecule is CCCCCCC(O)C(OC)OCC. The van der Waals surface area contributed by atoms with Crippen molar-refractivity contribution in [2.75, 3.05) is 13.7 Å². The van der Waals surface area contributed by atoms with Gasteiger partial charge in [0.2, 0.25) is 0 Å². The third kappa shape index (κ3) is 6.35. The van der Waals surface area contributed by atoms with Gasteiger partial charge in [-0.3, -0.25) is 0 Å². The number of rotatable bonds is 9. The molecule has 0 aromatic heterocycles. The summed E-state index contributed by atoms with van der Waals surface area (Å²) in [7, 11) is 1.57. The van der Waals surface area contributed by atoms with Crippen LogP contribution in [0.15, 0.2) is 0 Å². The van der Waals surface area contributed by atoms with E-state index in [1.807, 2.05) is 6.92 Å². The van der Waals surface area contributed by atoms with E-state index >= 15 is 0 Å². The zero-order valence-corrected chi connectivity index (χ0v) is 9.66. The normalized spacial score (nSPS) is 15.4. The first-order chi connectivity index (χ1) is 6.76. The van der Waals surface area contributed by atoms with Crippen LogP contribution in [0.25, 0.3) is 0 Å². The molecule has 0 fully saturated rings. The van der Waals surface area contributed by atoms with Crippen LogP contribution in [-0.4, -0.2) is 31.2 Å². The highest BCUT2D eigenvalue weighted by molar-refractivity contribution is 4.60. The Morgan fingerprint density at radius 3 is 2.36 bits per heavy atom. The molecule has 14 heavy (non-hydrogen) atoms. The summed E-state index contributed by atoms with van der Waals surface area (Å²) < 4.78 is 10.3. The zero-order valence-electron chi connectivity index (χ0n) is 9.66. The highest BCUT2D eigenvalue weighted by Gasteiger charge is 2.17. The summed E-state index contributed by atoms with van der Waals surface area (Å²) in [6.07, 6.45) is 4.49. The van der Waals surface area contributed by atoms with Gasteiger partial charge in [0, 0.05) is 13.7 Å². The second kappa shape index (κ2) is 9.44. The van der Waals surface area contributed by atoms with Gasteiger partial charge in [0.25, 0.3) is 0 Å². The van der Waals surface area contributed by atoms with Gasteiger partial charge < -0.3 is 14.6 Å². The number of aliphatic hydroxyl groups excluding tert-OH is 1. The van der Waals surface area contributed by atoms with E-state index < -0.39 is 12.4 Å². The fraction of sp³-hybridized carbons (Fsp3) is 1.00. The first-order valence-electron chi connectivity index (χ1n) is 5.58. The molecule has 0 aliphatic heterocycles. The smallest absolute Gasteiger partial charge is 0.183 e. The molecule has 2 unspecified atom stereocenters. The second-order valence-electron chi connectivity index (χ2n) is 3.48. The second-order valence-corrected chi connectivity index (χ2v) is 3.48. The van der Waals surface area contributed by atoms with Crippen molar-refractivity contribution in [2.24, 2.45) is 0 Å². The van der Waals surface area contributed by atoms with Crippen molar-refractivity contribution in [3.8, 4) is 0 Å². The van der Waals surface area contributed by atoms with Crippen LogP contribution in [0.1, 0.15) is 46.0 Å². The predicted octanol–water partition coefficient (Wildman–Crippen LogP) is 2.33. The number of hydrogen-bond donors (Lipinski definition) is 1. The average molecular weight is 204 g/mol. The molecule has 0 saturated heterocycles. The number of aliphatic hydroxyl groups is 1. The highest BCUT2D eigenvalue weighted by atomic mass is 16.7. The lowest BCUT2D eigenvalue weighted by molar-refractivity contribution is -0.178. The van der Waals surface area contributed by atoms with E-state index in [1.165, 1.54) is 19.3 Å². The Labute approximate surface area is 87.4 Å². The average Bonchev–Trinajstić information content (AvgIpc) is 2.20. The van der Waals surface area contributed by atoms with Crippen molar-refractivity contribution in [1.82, 2.24) is 0 Å². The summed E-state index contributed by atoms with van der Waals surface area (Å²) in [4.78, 5) is 0. The monoisotopic (exact) mass is 204 g/mol. The van der Waals surface area contributed by atoms with Crippen molar-refractivity contribution < 1.29 is 14.6 Å². The third-order valence-corrected chi connectivity index (χ3v) is 2.23. The molecule has 0 heterocycles. The van der Waals surface area contributed by atoms with Crippen LogP contribution in [0.5, 0.6) is 0 Å². The van der Waals surface area contributed by atoms with Gasteiger partial charge in [0.05, 0.1) is 0 Å². The quantitative estimate of drug-likeness (QED) is 0.463. The number of ether oxygens (including phenoxy) is 2. The molecule has 1 N–H and O–H groups in total. The van der Waals surface area contributed by atoms with E-state index in [0.29, 0.717) is 6.61 Å². The lowest BCUT2D eigenvalue weighted by Crippen LogP contribution is -2.30. The maximum Gasteiger partial charge on any atom is 0.183 e. The van der Waals surface area contributed by atoms with Crippen LogP contribution in [0, 0.1) is 0 Å². The minimum atomic E-state index is -0.489. The molecule has 3 nitrogen and oxygen atoms in total. The third-order valence-electron chi connectivity index (χ3n) is 2.23. The lowest BCUT2D eigenvalue weighted by atomic mass is 10.1. The Bertz CT molecular complexity index is 117. The molecular formula is C11H24O3. The molecule has 86 valence electrons. The maximum absolute atomic E-state index is 9.69. The van der Waals surface area contributed by atoms with Crippen LogP contribution in [0.4, 0.5) is 0 Å². The van der Waals surface area contributed by atoms with Gasteiger partial charge in [-0.2, -0.15) is 0 Å². The topological polar surface area (TPSA) is 38.7 Å². The molecule has 0 rings (SSSR count). The molecule has 0 aliphatic rings. The maximum atomic E-state index is 9.69. The van der Waals surface area contributed by atoms with Gasteiger partial charge in [0.15, 0.2) is 6.29 Å². The standard InChI is InChI=1S/C11H24O3/c1-4-6-7-8-9-10(12)11(13-3)14-5-2/h10-12H,4-9H2,1-3H3. The number of hydrogen-bond acceptors (Lipinski definition) is 3. The molecule has 0 spiro atoms. The molecule has 0 aromatic carbocycles. The van der Waals surface area contributed by atoms with Gasteiger partial charge in [-0.25, -0.2) is 0 Å². The van der Waals surface area contributed by atoms with Crippen molar-refractivity contribution in [3.63, 3.8) is 0 Å². The van der Waals surface area contributed by atoms with E-state index in [9.17, 15) is 5.11 Å². The fourth-order valence-corrected chi connectivity index (χ4v) is 1.42. The van der Waals surface area contributed by atoms with Crippen LogP contribution in [0.2, 0.25) is 0 Å². The van der Waals surface area contributed by atoms with E-state index in [4.69, 9.17) is 9.47 Å². The number of unbranched alkanes of at least 4 members (excludes halogenated alkanes) is 3. The van der Waals surface area contributed by atoms with Crippen LogP contribution in [0.3, 0.4) is 0 Å².